The van der Waals surface area contributed by atoms with Crippen LogP contribution in [0, 0.1) is 5.92 Å². The lowest BCUT2D eigenvalue weighted by molar-refractivity contribution is -0.126. The average Bonchev–Trinajstić information content (AvgIpc) is 2.73. The molecule has 156 valence electrons. The number of methoxy groups -OCH3 is 1. The Morgan fingerprint density at radius 3 is 2.59 bits per heavy atom. The number of benzene rings is 2. The zero-order valence-corrected chi connectivity index (χ0v) is 18.2. The quantitative estimate of drug-likeness (QED) is 0.718. The number of sulfonamides is 1. The molecule has 1 fully saturated rings. The van der Waals surface area contributed by atoms with Crippen molar-refractivity contribution >= 4 is 39.1 Å². The SMILES string of the molecule is COc1ccc(S(=O)(=O)N2CCCC(C(=O)NCc3ccc(Cl)cc3Cl)C2)cc1. The average molecular weight is 457 g/mol. The van der Waals surface area contributed by atoms with Crippen LogP contribution in [0.1, 0.15) is 18.4 Å². The maximum Gasteiger partial charge on any atom is 0.243 e. The zero-order chi connectivity index (χ0) is 21.0. The number of halogens is 2. The molecule has 2 aromatic carbocycles. The van der Waals surface area contributed by atoms with Crippen molar-refractivity contribution in [2.75, 3.05) is 20.2 Å². The summed E-state index contributed by atoms with van der Waals surface area (Å²) < 4.78 is 32.3. The monoisotopic (exact) mass is 456 g/mol. The van der Waals surface area contributed by atoms with Gasteiger partial charge in [0.1, 0.15) is 5.75 Å². The summed E-state index contributed by atoms with van der Waals surface area (Å²) in [6.07, 6.45) is 1.25. The van der Waals surface area contributed by atoms with Crippen LogP contribution in [-0.4, -0.2) is 38.8 Å². The van der Waals surface area contributed by atoms with E-state index in [1.165, 1.54) is 23.5 Å². The standard InChI is InChI=1S/C20H22Cl2N2O4S/c1-28-17-6-8-18(9-7-17)29(26,27)24-10-2-3-15(13-24)20(25)23-12-14-4-5-16(21)11-19(14)22/h4-9,11,15H,2-3,10,12-13H2,1H3,(H,23,25). The van der Waals surface area contributed by atoms with E-state index >= 15 is 0 Å². The van der Waals surface area contributed by atoms with Crippen molar-refractivity contribution in [2.24, 2.45) is 5.92 Å². The first-order valence-corrected chi connectivity index (χ1v) is 11.4. The van der Waals surface area contributed by atoms with Gasteiger partial charge in [-0.25, -0.2) is 8.42 Å². The van der Waals surface area contributed by atoms with Crippen LogP contribution in [0.15, 0.2) is 47.4 Å². The molecule has 29 heavy (non-hydrogen) atoms. The number of piperidine rings is 1. The van der Waals surface area contributed by atoms with Crippen LogP contribution in [0.5, 0.6) is 5.75 Å². The lowest BCUT2D eigenvalue weighted by Crippen LogP contribution is -2.45. The van der Waals surface area contributed by atoms with E-state index in [1.54, 1.807) is 30.3 Å². The smallest absolute Gasteiger partial charge is 0.243 e. The molecule has 0 saturated carbocycles. The van der Waals surface area contributed by atoms with Gasteiger partial charge in [-0.15, -0.1) is 0 Å². The minimum atomic E-state index is -3.67. The molecular weight excluding hydrogens is 435 g/mol. The number of carbonyl (C=O) groups is 1. The van der Waals surface area contributed by atoms with Crippen LogP contribution in [0.25, 0.3) is 0 Å². The second kappa shape index (κ2) is 9.34. The molecule has 1 aliphatic heterocycles. The van der Waals surface area contributed by atoms with Gasteiger partial charge in [0.2, 0.25) is 15.9 Å². The molecule has 1 unspecified atom stereocenters. The maximum atomic E-state index is 12.9. The number of hydrogen-bond donors (Lipinski definition) is 1. The first-order chi connectivity index (χ1) is 13.8. The Kier molecular flexibility index (Phi) is 7.05. The number of carbonyl (C=O) groups excluding carboxylic acids is 1. The molecule has 3 rings (SSSR count). The summed E-state index contributed by atoms with van der Waals surface area (Å²) in [5.74, 6) is -0.0193. The number of hydrogen-bond acceptors (Lipinski definition) is 4. The van der Waals surface area contributed by atoms with E-state index < -0.39 is 15.9 Å². The molecule has 2 aromatic rings. The van der Waals surface area contributed by atoms with Crippen LogP contribution in [0.4, 0.5) is 0 Å². The van der Waals surface area contributed by atoms with E-state index in [9.17, 15) is 13.2 Å². The van der Waals surface area contributed by atoms with Gasteiger partial charge in [-0.05, 0) is 54.8 Å². The van der Waals surface area contributed by atoms with Crippen molar-refractivity contribution in [2.45, 2.75) is 24.3 Å². The van der Waals surface area contributed by atoms with Crippen LogP contribution in [0.3, 0.4) is 0 Å². The third-order valence-corrected chi connectivity index (χ3v) is 7.39. The van der Waals surface area contributed by atoms with Crippen LogP contribution >= 0.6 is 23.2 Å². The molecular formula is C20H22Cl2N2O4S. The molecule has 0 bridgehead atoms. The van der Waals surface area contributed by atoms with Crippen LogP contribution < -0.4 is 10.1 Å². The van der Waals surface area contributed by atoms with Crippen molar-refractivity contribution in [3.63, 3.8) is 0 Å². The summed E-state index contributed by atoms with van der Waals surface area (Å²) in [6, 6.07) is 11.3. The van der Waals surface area contributed by atoms with Crippen LogP contribution in [0.2, 0.25) is 10.0 Å². The Morgan fingerprint density at radius 1 is 1.21 bits per heavy atom. The highest BCUT2D eigenvalue weighted by molar-refractivity contribution is 7.89. The fourth-order valence-corrected chi connectivity index (χ4v) is 5.26. The Morgan fingerprint density at radius 2 is 1.93 bits per heavy atom. The van der Waals surface area contributed by atoms with Gasteiger partial charge in [0.05, 0.1) is 17.9 Å². The lowest BCUT2D eigenvalue weighted by atomic mass is 9.99. The second-order valence-electron chi connectivity index (χ2n) is 6.83. The van der Waals surface area contributed by atoms with Gasteiger partial charge in [0, 0.05) is 29.7 Å². The Hall–Kier alpha value is -1.80. The lowest BCUT2D eigenvalue weighted by Gasteiger charge is -2.31. The van der Waals surface area contributed by atoms with Crippen LogP contribution in [-0.2, 0) is 21.4 Å². The van der Waals surface area contributed by atoms with Crippen molar-refractivity contribution in [1.82, 2.24) is 9.62 Å². The van der Waals surface area contributed by atoms with E-state index in [4.69, 9.17) is 27.9 Å². The maximum absolute atomic E-state index is 12.9. The predicted octanol–water partition coefficient (Wildman–Crippen LogP) is 3.72. The van der Waals surface area contributed by atoms with Gasteiger partial charge >= 0.3 is 0 Å². The molecule has 0 aliphatic carbocycles. The van der Waals surface area contributed by atoms with E-state index in [1.807, 2.05) is 0 Å². The van der Waals surface area contributed by atoms with Crippen molar-refractivity contribution < 1.29 is 17.9 Å². The minimum Gasteiger partial charge on any atom is -0.497 e. The number of ether oxygens (including phenoxy) is 1. The van der Waals surface area contributed by atoms with Gasteiger partial charge in [-0.1, -0.05) is 29.3 Å². The highest BCUT2D eigenvalue weighted by atomic mass is 35.5. The summed E-state index contributed by atoms with van der Waals surface area (Å²) in [5, 5.41) is 3.85. The normalized spacial score (nSPS) is 17.7. The highest BCUT2D eigenvalue weighted by Crippen LogP contribution is 2.26. The molecule has 6 nitrogen and oxygen atoms in total. The molecule has 0 aromatic heterocycles. The van der Waals surface area contributed by atoms with E-state index in [0.29, 0.717) is 35.2 Å². The Balaban J connectivity index is 1.65. The Labute approximate surface area is 180 Å². The van der Waals surface area contributed by atoms with Crippen molar-refractivity contribution in [3.8, 4) is 5.75 Å². The second-order valence-corrected chi connectivity index (χ2v) is 9.61. The van der Waals surface area contributed by atoms with Gasteiger partial charge < -0.3 is 10.1 Å². The van der Waals surface area contributed by atoms with Gasteiger partial charge in [0.15, 0.2) is 0 Å². The molecule has 9 heteroatoms. The number of rotatable bonds is 6. The first-order valence-electron chi connectivity index (χ1n) is 9.17. The fraction of sp³-hybridized carbons (Fsp3) is 0.350. The van der Waals surface area contributed by atoms with Crippen molar-refractivity contribution in [1.29, 1.82) is 0 Å². The first kappa shape index (κ1) is 21.9. The molecule has 1 atom stereocenters. The molecule has 0 spiro atoms. The van der Waals surface area contributed by atoms with E-state index in [-0.39, 0.29) is 23.9 Å². The minimum absolute atomic E-state index is 0.147. The molecule has 1 aliphatic rings. The summed E-state index contributed by atoms with van der Waals surface area (Å²) in [4.78, 5) is 12.8. The largest absolute Gasteiger partial charge is 0.497 e. The van der Waals surface area contributed by atoms with Gasteiger partial charge in [-0.3, -0.25) is 4.79 Å². The molecule has 1 heterocycles. The Bertz CT molecular complexity index is 980. The fourth-order valence-electron chi connectivity index (χ4n) is 3.26. The summed E-state index contributed by atoms with van der Waals surface area (Å²) >= 11 is 12.0. The third kappa shape index (κ3) is 5.22. The van der Waals surface area contributed by atoms with Gasteiger partial charge in [0.25, 0.3) is 0 Å². The molecule has 1 N–H and O–H groups in total. The number of amides is 1. The molecule has 0 radical (unpaired) electrons. The third-order valence-electron chi connectivity index (χ3n) is 4.92. The van der Waals surface area contributed by atoms with Gasteiger partial charge in [-0.2, -0.15) is 4.31 Å². The number of nitrogens with one attached hydrogen (secondary N) is 1. The van der Waals surface area contributed by atoms with E-state index in [2.05, 4.69) is 5.32 Å². The molecule has 1 saturated heterocycles. The predicted molar refractivity (Wildman–Crippen MR) is 113 cm³/mol. The highest BCUT2D eigenvalue weighted by Gasteiger charge is 2.33. The number of nitrogens with zero attached hydrogens (tertiary/aromatic N) is 1. The summed E-state index contributed by atoms with van der Waals surface area (Å²) in [5.41, 5.74) is 0.753. The molecule has 1 amide bonds. The van der Waals surface area contributed by atoms with Crippen molar-refractivity contribution in [3.05, 3.63) is 58.1 Å². The topological polar surface area (TPSA) is 75.7 Å². The summed E-state index contributed by atoms with van der Waals surface area (Å²) in [7, 11) is -2.15. The zero-order valence-electron chi connectivity index (χ0n) is 15.9. The summed E-state index contributed by atoms with van der Waals surface area (Å²) in [6.45, 7) is 0.798. The van der Waals surface area contributed by atoms with E-state index in [0.717, 1.165) is 5.56 Å².